The Morgan fingerprint density at radius 1 is 1.43 bits per heavy atom. The van der Waals surface area contributed by atoms with E-state index >= 15 is 0 Å². The van der Waals surface area contributed by atoms with Gasteiger partial charge in [-0.05, 0) is 24.6 Å². The average Bonchev–Trinajstić information content (AvgIpc) is 3.21. The van der Waals surface area contributed by atoms with Gasteiger partial charge < -0.3 is 9.84 Å². The first-order valence-electron chi connectivity index (χ1n) is 9.54. The molecule has 0 saturated carbocycles. The number of hydroxylamine groups is 1. The SMILES string of the molecule is O=C(C=CCN1CCC1CO)N(OC1CCOC1)c1ccc2ncncc2c1. The van der Waals surface area contributed by atoms with Gasteiger partial charge in [-0.2, -0.15) is 5.06 Å². The lowest BCUT2D eigenvalue weighted by molar-refractivity contribution is -0.123. The van der Waals surface area contributed by atoms with E-state index in [9.17, 15) is 9.90 Å². The van der Waals surface area contributed by atoms with Crippen LogP contribution in [0.2, 0.25) is 0 Å². The minimum absolute atomic E-state index is 0.151. The van der Waals surface area contributed by atoms with Gasteiger partial charge in [0, 0.05) is 49.8 Å². The van der Waals surface area contributed by atoms with Crippen molar-refractivity contribution >= 4 is 22.5 Å². The molecule has 1 aromatic carbocycles. The summed E-state index contributed by atoms with van der Waals surface area (Å²) in [6, 6.07) is 5.70. The Morgan fingerprint density at radius 3 is 3.11 bits per heavy atom. The second-order valence-corrected chi connectivity index (χ2v) is 7.01. The molecule has 1 N–H and O–H groups in total. The lowest BCUT2D eigenvalue weighted by atomic mass is 10.0. The molecule has 2 aliphatic rings. The molecule has 2 aromatic rings. The van der Waals surface area contributed by atoms with Gasteiger partial charge in [0.2, 0.25) is 0 Å². The van der Waals surface area contributed by atoms with E-state index in [0.29, 0.717) is 25.4 Å². The predicted octanol–water partition coefficient (Wildman–Crippen LogP) is 1.31. The minimum atomic E-state index is -0.260. The number of aliphatic hydroxyl groups is 1. The normalized spacial score (nSPS) is 22.6. The quantitative estimate of drug-likeness (QED) is 0.569. The summed E-state index contributed by atoms with van der Waals surface area (Å²) in [7, 11) is 0. The molecule has 8 heteroatoms. The van der Waals surface area contributed by atoms with Crippen LogP contribution in [0, 0.1) is 0 Å². The number of anilines is 1. The molecule has 0 spiro atoms. The highest BCUT2D eigenvalue weighted by atomic mass is 16.7. The summed E-state index contributed by atoms with van der Waals surface area (Å²) in [5.74, 6) is -0.260. The molecule has 1 amide bonds. The summed E-state index contributed by atoms with van der Waals surface area (Å²) in [5, 5.41) is 11.4. The van der Waals surface area contributed by atoms with Crippen molar-refractivity contribution in [3.63, 3.8) is 0 Å². The van der Waals surface area contributed by atoms with Gasteiger partial charge in [0.15, 0.2) is 0 Å². The topological polar surface area (TPSA) is 88.0 Å². The van der Waals surface area contributed by atoms with Crippen LogP contribution < -0.4 is 5.06 Å². The van der Waals surface area contributed by atoms with E-state index in [2.05, 4.69) is 14.9 Å². The van der Waals surface area contributed by atoms with Crippen LogP contribution in [-0.2, 0) is 14.4 Å². The molecule has 2 aliphatic heterocycles. The van der Waals surface area contributed by atoms with Crippen LogP contribution in [0.1, 0.15) is 12.8 Å². The maximum Gasteiger partial charge on any atom is 0.274 e. The number of benzene rings is 1. The van der Waals surface area contributed by atoms with Crippen molar-refractivity contribution in [1.29, 1.82) is 0 Å². The van der Waals surface area contributed by atoms with E-state index in [0.717, 1.165) is 30.3 Å². The fraction of sp³-hybridized carbons (Fsp3) is 0.450. The zero-order valence-electron chi connectivity index (χ0n) is 15.6. The smallest absolute Gasteiger partial charge is 0.274 e. The molecular weight excluding hydrogens is 360 g/mol. The number of hydrogen-bond acceptors (Lipinski definition) is 7. The maximum absolute atomic E-state index is 12.9. The molecule has 2 atom stereocenters. The Morgan fingerprint density at radius 2 is 2.36 bits per heavy atom. The summed E-state index contributed by atoms with van der Waals surface area (Å²) in [6.07, 6.45) is 8.13. The number of likely N-dealkylation sites (tertiary alicyclic amines) is 1. The van der Waals surface area contributed by atoms with Crippen molar-refractivity contribution in [2.45, 2.75) is 25.0 Å². The molecule has 4 rings (SSSR count). The molecule has 0 radical (unpaired) electrons. The number of carbonyl (C=O) groups excluding carboxylic acids is 1. The molecule has 2 unspecified atom stereocenters. The summed E-state index contributed by atoms with van der Waals surface area (Å²) in [4.78, 5) is 29.2. The molecule has 1 aromatic heterocycles. The van der Waals surface area contributed by atoms with Crippen LogP contribution in [0.4, 0.5) is 5.69 Å². The Labute approximate surface area is 163 Å². The van der Waals surface area contributed by atoms with Crippen molar-refractivity contribution < 1.29 is 19.5 Å². The summed E-state index contributed by atoms with van der Waals surface area (Å²) >= 11 is 0. The van der Waals surface area contributed by atoms with Crippen LogP contribution in [0.5, 0.6) is 0 Å². The summed E-state index contributed by atoms with van der Waals surface area (Å²) in [6.45, 7) is 2.82. The Balaban J connectivity index is 1.50. The third kappa shape index (κ3) is 4.20. The van der Waals surface area contributed by atoms with E-state index in [1.807, 2.05) is 24.3 Å². The van der Waals surface area contributed by atoms with Crippen LogP contribution in [-0.4, -0.2) is 70.9 Å². The van der Waals surface area contributed by atoms with Crippen LogP contribution in [0.25, 0.3) is 10.9 Å². The highest BCUT2D eigenvalue weighted by Gasteiger charge is 2.26. The van der Waals surface area contributed by atoms with Gasteiger partial charge in [-0.3, -0.25) is 14.5 Å². The van der Waals surface area contributed by atoms with E-state index in [1.165, 1.54) is 17.5 Å². The third-order valence-electron chi connectivity index (χ3n) is 5.14. The van der Waals surface area contributed by atoms with Gasteiger partial charge in [0.05, 0.1) is 24.4 Å². The maximum atomic E-state index is 12.9. The first-order chi connectivity index (χ1) is 13.7. The Kier molecular flexibility index (Phi) is 5.92. The first-order valence-corrected chi connectivity index (χ1v) is 9.54. The van der Waals surface area contributed by atoms with Gasteiger partial charge in [-0.1, -0.05) is 6.08 Å². The molecule has 2 fully saturated rings. The largest absolute Gasteiger partial charge is 0.395 e. The van der Waals surface area contributed by atoms with Crippen molar-refractivity contribution in [2.24, 2.45) is 0 Å². The second kappa shape index (κ2) is 8.74. The van der Waals surface area contributed by atoms with Gasteiger partial charge in [-0.15, -0.1) is 0 Å². The average molecular weight is 384 g/mol. The van der Waals surface area contributed by atoms with Crippen LogP contribution in [0.15, 0.2) is 42.9 Å². The molecular formula is C20H24N4O4. The number of carbonyl (C=O) groups is 1. The third-order valence-corrected chi connectivity index (χ3v) is 5.14. The summed E-state index contributed by atoms with van der Waals surface area (Å²) < 4.78 is 5.37. The predicted molar refractivity (Wildman–Crippen MR) is 104 cm³/mol. The highest BCUT2D eigenvalue weighted by Crippen LogP contribution is 2.23. The first kappa shape index (κ1) is 18.9. The monoisotopic (exact) mass is 384 g/mol. The van der Waals surface area contributed by atoms with Crippen molar-refractivity contribution in [2.75, 3.05) is 38.0 Å². The molecule has 148 valence electrons. The number of hydrogen-bond donors (Lipinski definition) is 1. The Hall–Kier alpha value is -2.39. The number of fused-ring (bicyclic) bond motifs is 1. The van der Waals surface area contributed by atoms with E-state index < -0.39 is 0 Å². The lowest BCUT2D eigenvalue weighted by Gasteiger charge is -2.39. The van der Waals surface area contributed by atoms with Crippen molar-refractivity contribution in [1.82, 2.24) is 14.9 Å². The standard InChI is InChI=1S/C20H24N4O4/c25-12-17-5-8-23(17)7-1-2-20(26)24(28-18-6-9-27-13-18)16-3-4-19-15(10-16)11-21-14-22-19/h1-4,10-11,14,17-18,25H,5-9,12-13H2. The molecule has 28 heavy (non-hydrogen) atoms. The fourth-order valence-electron chi connectivity index (χ4n) is 3.38. The van der Waals surface area contributed by atoms with E-state index in [4.69, 9.17) is 9.57 Å². The second-order valence-electron chi connectivity index (χ2n) is 7.01. The Bertz CT molecular complexity index is 851. The van der Waals surface area contributed by atoms with Crippen LogP contribution >= 0.6 is 0 Å². The van der Waals surface area contributed by atoms with E-state index in [-0.39, 0.29) is 24.7 Å². The number of nitrogens with zero attached hydrogens (tertiary/aromatic N) is 4. The highest BCUT2D eigenvalue weighted by molar-refractivity contribution is 6.01. The fourth-order valence-corrected chi connectivity index (χ4v) is 3.38. The summed E-state index contributed by atoms with van der Waals surface area (Å²) in [5.41, 5.74) is 1.43. The molecule has 0 aliphatic carbocycles. The number of amides is 1. The van der Waals surface area contributed by atoms with Gasteiger partial charge in [-0.25, -0.2) is 9.97 Å². The van der Waals surface area contributed by atoms with E-state index in [1.54, 1.807) is 6.20 Å². The number of aromatic nitrogens is 2. The van der Waals surface area contributed by atoms with Gasteiger partial charge in [0.1, 0.15) is 12.4 Å². The van der Waals surface area contributed by atoms with Crippen LogP contribution in [0.3, 0.4) is 0 Å². The minimum Gasteiger partial charge on any atom is -0.395 e. The molecule has 3 heterocycles. The van der Waals surface area contributed by atoms with Gasteiger partial charge >= 0.3 is 0 Å². The molecule has 2 saturated heterocycles. The van der Waals surface area contributed by atoms with Gasteiger partial charge in [0.25, 0.3) is 5.91 Å². The van der Waals surface area contributed by atoms with Crippen molar-refractivity contribution in [3.8, 4) is 0 Å². The van der Waals surface area contributed by atoms with Crippen molar-refractivity contribution in [3.05, 3.63) is 42.9 Å². The number of rotatable bonds is 7. The molecule has 8 nitrogen and oxygen atoms in total. The zero-order valence-corrected chi connectivity index (χ0v) is 15.6. The zero-order chi connectivity index (χ0) is 19.3. The lowest BCUT2D eigenvalue weighted by Crippen LogP contribution is -2.49. The molecule has 0 bridgehead atoms. The number of aliphatic hydroxyl groups excluding tert-OH is 1. The number of ether oxygens (including phenoxy) is 1.